The minimum Gasteiger partial charge on any atom is -0.309 e. The summed E-state index contributed by atoms with van der Waals surface area (Å²) in [5.74, 6) is 0. The van der Waals surface area contributed by atoms with Gasteiger partial charge in [-0.3, -0.25) is 9.97 Å². The number of nitrogens with zero attached hydrogens (tertiary/aromatic N) is 4. The van der Waals surface area contributed by atoms with Crippen molar-refractivity contribution in [3.05, 3.63) is 228 Å². The highest BCUT2D eigenvalue weighted by atomic mass is 15.2. The monoisotopic (exact) mass is 764 g/mol. The molecular formula is C55H48N4. The van der Waals surface area contributed by atoms with Crippen LogP contribution >= 0.6 is 0 Å². The molecule has 2 aliphatic carbocycles. The molecule has 8 aromatic rings. The number of unbranched alkanes of at least 4 members (excludes halogenated alkanes) is 3. The Kier molecular flexibility index (Phi) is 10.1. The molecular weight excluding hydrogens is 717 g/mol. The number of fused-ring (bicyclic) bond motifs is 4. The van der Waals surface area contributed by atoms with Crippen molar-refractivity contribution in [2.45, 2.75) is 56.8 Å². The summed E-state index contributed by atoms with van der Waals surface area (Å²) < 4.78 is 0. The van der Waals surface area contributed by atoms with Crippen molar-refractivity contribution in [3.8, 4) is 11.1 Å². The van der Waals surface area contributed by atoms with Crippen LogP contribution in [0.2, 0.25) is 0 Å². The van der Waals surface area contributed by atoms with Crippen LogP contribution in [0.1, 0.15) is 65.5 Å². The van der Waals surface area contributed by atoms with Gasteiger partial charge in [0.2, 0.25) is 0 Å². The summed E-state index contributed by atoms with van der Waals surface area (Å²) in [4.78, 5) is 13.8. The minimum absolute atomic E-state index is 0.381. The molecule has 0 unspecified atom stereocenters. The summed E-state index contributed by atoms with van der Waals surface area (Å²) in [5.41, 5.74) is 17.4. The van der Waals surface area contributed by atoms with Crippen molar-refractivity contribution in [2.75, 3.05) is 9.80 Å². The first-order valence-corrected chi connectivity index (χ1v) is 21.2. The molecule has 288 valence electrons. The Morgan fingerprint density at radius 2 is 0.949 bits per heavy atom. The van der Waals surface area contributed by atoms with Gasteiger partial charge < -0.3 is 9.80 Å². The number of anilines is 6. The topological polar surface area (TPSA) is 32.3 Å². The van der Waals surface area contributed by atoms with Crippen LogP contribution < -0.4 is 9.80 Å². The van der Waals surface area contributed by atoms with Crippen molar-refractivity contribution < 1.29 is 0 Å². The van der Waals surface area contributed by atoms with Crippen LogP contribution in [0.5, 0.6) is 0 Å². The van der Waals surface area contributed by atoms with E-state index in [-0.39, 0.29) is 5.41 Å². The largest absolute Gasteiger partial charge is 0.309 e. The highest BCUT2D eigenvalue weighted by molar-refractivity contribution is 5.90. The molecule has 4 nitrogen and oxygen atoms in total. The number of rotatable bonds is 14. The van der Waals surface area contributed by atoms with Gasteiger partial charge in [0.05, 0.1) is 23.8 Å². The van der Waals surface area contributed by atoms with E-state index in [1.807, 2.05) is 36.9 Å². The maximum Gasteiger partial charge on any atom is 0.0644 e. The standard InChI is InChI=1S/C55H48N4/c1(6-16-41-25-26-42-27-28-43(42)36-41)2-13-33-55(44-17-7-3-8-18-44)53-37-47(58(45-19-9-4-10-20-45)49-23-14-34-56-39-49)29-31-51(53)52-32-30-48(38-54(52)55)59(46-21-11-5-12-22-46)50-24-15-35-57-40-50/h3-5,7-12,14-15,17-26,29-32,34-40H,1-2,6,13,16,27-28,33H2. The minimum atomic E-state index is -0.381. The number of para-hydroxylation sites is 2. The number of aromatic nitrogens is 2. The van der Waals surface area contributed by atoms with Crippen molar-refractivity contribution in [1.82, 2.24) is 9.97 Å². The predicted molar refractivity (Wildman–Crippen MR) is 244 cm³/mol. The molecule has 0 radical (unpaired) electrons. The zero-order chi connectivity index (χ0) is 39.4. The first kappa shape index (κ1) is 36.6. The molecule has 6 aromatic carbocycles. The maximum absolute atomic E-state index is 4.56. The highest BCUT2D eigenvalue weighted by Crippen LogP contribution is 2.57. The molecule has 0 bridgehead atoms. The van der Waals surface area contributed by atoms with Crippen LogP contribution in [0.25, 0.3) is 11.1 Å². The lowest BCUT2D eigenvalue weighted by atomic mass is 9.69. The second-order valence-corrected chi connectivity index (χ2v) is 16.0. The number of pyridine rings is 2. The van der Waals surface area contributed by atoms with Gasteiger partial charge in [-0.25, -0.2) is 0 Å². The molecule has 59 heavy (non-hydrogen) atoms. The molecule has 4 heteroatoms. The molecule has 0 amide bonds. The summed E-state index contributed by atoms with van der Waals surface area (Å²) in [5, 5.41) is 0. The molecule has 0 spiro atoms. The Labute approximate surface area is 348 Å². The summed E-state index contributed by atoms with van der Waals surface area (Å²) >= 11 is 0. The second kappa shape index (κ2) is 16.2. The van der Waals surface area contributed by atoms with Crippen LogP contribution in [0.3, 0.4) is 0 Å². The normalized spacial score (nSPS) is 13.2. The first-order valence-electron chi connectivity index (χ1n) is 21.2. The average molecular weight is 765 g/mol. The lowest BCUT2D eigenvalue weighted by molar-refractivity contribution is 0.511. The fourth-order valence-corrected chi connectivity index (χ4v) is 9.61. The van der Waals surface area contributed by atoms with Gasteiger partial charge in [0, 0.05) is 40.6 Å². The summed E-state index contributed by atoms with van der Waals surface area (Å²) in [6.45, 7) is 0. The number of hydrogen-bond acceptors (Lipinski definition) is 4. The predicted octanol–water partition coefficient (Wildman–Crippen LogP) is 14.0. The van der Waals surface area contributed by atoms with Crippen LogP contribution in [0.4, 0.5) is 34.1 Å². The van der Waals surface area contributed by atoms with E-state index in [1.165, 1.54) is 65.5 Å². The van der Waals surface area contributed by atoms with Gasteiger partial charge in [0.15, 0.2) is 0 Å². The molecule has 0 saturated carbocycles. The van der Waals surface area contributed by atoms with Gasteiger partial charge in [-0.1, -0.05) is 116 Å². The molecule has 10 rings (SSSR count). The summed E-state index contributed by atoms with van der Waals surface area (Å²) in [7, 11) is 0. The van der Waals surface area contributed by atoms with Gasteiger partial charge in [0.1, 0.15) is 0 Å². The van der Waals surface area contributed by atoms with Gasteiger partial charge >= 0.3 is 0 Å². The van der Waals surface area contributed by atoms with Gasteiger partial charge in [-0.05, 0) is 149 Å². The van der Waals surface area contributed by atoms with E-state index in [2.05, 4.69) is 177 Å². The Hall–Kier alpha value is -6.78. The maximum atomic E-state index is 4.56. The van der Waals surface area contributed by atoms with Crippen LogP contribution in [0, 0.1) is 0 Å². The Bertz CT molecular complexity index is 2450. The van der Waals surface area contributed by atoms with Crippen LogP contribution in [0.15, 0.2) is 195 Å². The van der Waals surface area contributed by atoms with E-state index in [1.54, 1.807) is 11.1 Å². The van der Waals surface area contributed by atoms with E-state index in [9.17, 15) is 0 Å². The number of aryl methyl sites for hydroxylation is 3. The molecule has 0 aliphatic heterocycles. The third kappa shape index (κ3) is 6.99. The van der Waals surface area contributed by atoms with Gasteiger partial charge in [0.25, 0.3) is 0 Å². The van der Waals surface area contributed by atoms with E-state index >= 15 is 0 Å². The van der Waals surface area contributed by atoms with Crippen molar-refractivity contribution in [1.29, 1.82) is 0 Å². The van der Waals surface area contributed by atoms with E-state index in [0.717, 1.165) is 53.4 Å². The number of hydrogen-bond donors (Lipinski definition) is 0. The molecule has 2 aliphatic rings. The quantitative estimate of drug-likeness (QED) is 0.103. The second-order valence-electron chi connectivity index (χ2n) is 16.0. The summed E-state index contributed by atoms with van der Waals surface area (Å²) in [6.07, 6.45) is 17.0. The lowest BCUT2D eigenvalue weighted by Gasteiger charge is -2.35. The van der Waals surface area contributed by atoms with Gasteiger partial charge in [-0.2, -0.15) is 0 Å². The lowest BCUT2D eigenvalue weighted by Crippen LogP contribution is -2.27. The van der Waals surface area contributed by atoms with Crippen molar-refractivity contribution in [3.63, 3.8) is 0 Å². The molecule has 0 saturated heterocycles. The Balaban J connectivity index is 1.09. The van der Waals surface area contributed by atoms with E-state index < -0.39 is 0 Å². The Morgan fingerprint density at radius 1 is 0.424 bits per heavy atom. The third-order valence-electron chi connectivity index (χ3n) is 12.5. The van der Waals surface area contributed by atoms with E-state index in [0.29, 0.717) is 0 Å². The number of benzene rings is 6. The van der Waals surface area contributed by atoms with Crippen molar-refractivity contribution >= 4 is 34.1 Å². The highest BCUT2D eigenvalue weighted by Gasteiger charge is 2.45. The Morgan fingerprint density at radius 3 is 1.46 bits per heavy atom. The van der Waals surface area contributed by atoms with Crippen LogP contribution in [-0.2, 0) is 24.7 Å². The smallest absolute Gasteiger partial charge is 0.0644 e. The molecule has 0 N–H and O–H groups in total. The fourth-order valence-electron chi connectivity index (χ4n) is 9.61. The molecule has 0 fully saturated rings. The molecule has 0 atom stereocenters. The SMILES string of the molecule is c1ccc(N(c2cccnc2)c2ccc3c(c2)C(CCCCCCc2ccc4c(c2)CC4)(c2ccccc2)c2cc(N(c4ccccc4)c4cccnc4)ccc2-3)cc1. The average Bonchev–Trinajstić information content (AvgIpc) is 3.56. The van der Waals surface area contributed by atoms with Crippen molar-refractivity contribution in [2.24, 2.45) is 0 Å². The first-order chi connectivity index (χ1) is 29.3. The summed E-state index contributed by atoms with van der Waals surface area (Å²) in [6, 6.07) is 62.4. The van der Waals surface area contributed by atoms with Crippen LogP contribution in [-0.4, -0.2) is 9.97 Å². The molecule has 2 aromatic heterocycles. The zero-order valence-electron chi connectivity index (χ0n) is 33.4. The fraction of sp³-hybridized carbons (Fsp3) is 0.164. The third-order valence-corrected chi connectivity index (χ3v) is 12.5. The molecule has 2 heterocycles. The zero-order valence-corrected chi connectivity index (χ0v) is 33.4. The van der Waals surface area contributed by atoms with Gasteiger partial charge in [-0.15, -0.1) is 0 Å². The van der Waals surface area contributed by atoms with E-state index in [4.69, 9.17) is 0 Å².